The van der Waals surface area contributed by atoms with E-state index in [0.29, 0.717) is 0 Å². The number of H-pyrrole nitrogens is 1. The summed E-state index contributed by atoms with van der Waals surface area (Å²) in [5.74, 6) is 0.938. The van der Waals surface area contributed by atoms with Crippen LogP contribution in [0.3, 0.4) is 0 Å². The van der Waals surface area contributed by atoms with Crippen LogP contribution in [0, 0.1) is 13.8 Å². The maximum absolute atomic E-state index is 4.41. The molecule has 0 saturated carbocycles. The number of imidazole rings is 1. The second-order valence-corrected chi connectivity index (χ2v) is 5.26. The van der Waals surface area contributed by atoms with Gasteiger partial charge in [-0.25, -0.2) is 4.98 Å². The molecular formula is C15H19N5. The molecule has 2 heterocycles. The van der Waals surface area contributed by atoms with Gasteiger partial charge in [-0.2, -0.15) is 5.10 Å². The number of aryl methyl sites for hydroxylation is 3. The quantitative estimate of drug-likeness (QED) is 0.768. The van der Waals surface area contributed by atoms with Crippen LogP contribution in [0.2, 0.25) is 0 Å². The van der Waals surface area contributed by atoms with Crippen LogP contribution in [0.4, 0.5) is 5.69 Å². The number of aromatic amines is 1. The van der Waals surface area contributed by atoms with E-state index in [1.54, 1.807) is 0 Å². The van der Waals surface area contributed by atoms with E-state index in [1.165, 1.54) is 5.56 Å². The molecule has 1 atom stereocenters. The first-order chi connectivity index (χ1) is 9.52. The molecule has 0 radical (unpaired) electrons. The molecule has 0 bridgehead atoms. The second kappa shape index (κ2) is 4.67. The van der Waals surface area contributed by atoms with Crippen LogP contribution in [0.25, 0.3) is 11.0 Å². The van der Waals surface area contributed by atoms with Crippen LogP contribution in [0.1, 0.15) is 30.0 Å². The SMILES string of the molecule is Cc1nc2ccc(NC(C)c3cn(C)nc3C)cc2[nH]1. The number of rotatable bonds is 3. The van der Waals surface area contributed by atoms with Gasteiger partial charge in [-0.15, -0.1) is 0 Å². The number of benzene rings is 1. The highest BCUT2D eigenvalue weighted by Crippen LogP contribution is 2.23. The predicted octanol–water partition coefficient (Wildman–Crippen LogP) is 3.09. The van der Waals surface area contributed by atoms with Gasteiger partial charge in [0, 0.05) is 24.5 Å². The van der Waals surface area contributed by atoms with E-state index in [9.17, 15) is 0 Å². The molecule has 0 fully saturated rings. The van der Waals surface area contributed by atoms with Crippen LogP contribution < -0.4 is 5.32 Å². The van der Waals surface area contributed by atoms with Gasteiger partial charge in [-0.05, 0) is 39.0 Å². The van der Waals surface area contributed by atoms with E-state index in [2.05, 4.69) is 45.6 Å². The average molecular weight is 269 g/mol. The molecule has 2 aromatic heterocycles. The van der Waals surface area contributed by atoms with Crippen LogP contribution in [-0.4, -0.2) is 19.7 Å². The molecule has 0 aliphatic heterocycles. The summed E-state index contributed by atoms with van der Waals surface area (Å²) >= 11 is 0. The summed E-state index contributed by atoms with van der Waals surface area (Å²) in [6.07, 6.45) is 2.06. The average Bonchev–Trinajstić information content (AvgIpc) is 2.90. The van der Waals surface area contributed by atoms with E-state index >= 15 is 0 Å². The standard InChI is InChI=1S/C15H19N5/c1-9(13-8-20(4)19-10(13)2)16-12-5-6-14-15(7-12)18-11(3)17-14/h5-9,16H,1-4H3,(H,17,18). The Morgan fingerprint density at radius 3 is 2.80 bits per heavy atom. The van der Waals surface area contributed by atoms with E-state index in [1.807, 2.05) is 31.6 Å². The van der Waals surface area contributed by atoms with Gasteiger partial charge in [-0.1, -0.05) is 0 Å². The molecule has 0 spiro atoms. The molecule has 3 rings (SSSR count). The minimum atomic E-state index is 0.213. The fourth-order valence-electron chi connectivity index (χ4n) is 2.60. The Bertz CT molecular complexity index is 753. The monoisotopic (exact) mass is 269 g/mol. The van der Waals surface area contributed by atoms with E-state index in [0.717, 1.165) is 28.2 Å². The third-order valence-electron chi connectivity index (χ3n) is 3.50. The van der Waals surface area contributed by atoms with E-state index < -0.39 is 0 Å². The maximum Gasteiger partial charge on any atom is 0.104 e. The zero-order valence-electron chi connectivity index (χ0n) is 12.2. The van der Waals surface area contributed by atoms with Crippen LogP contribution >= 0.6 is 0 Å². The molecule has 0 amide bonds. The number of hydrogen-bond acceptors (Lipinski definition) is 3. The van der Waals surface area contributed by atoms with E-state index in [-0.39, 0.29) is 6.04 Å². The summed E-state index contributed by atoms with van der Waals surface area (Å²) in [6.45, 7) is 6.15. The number of fused-ring (bicyclic) bond motifs is 1. The lowest BCUT2D eigenvalue weighted by Crippen LogP contribution is -2.07. The molecule has 20 heavy (non-hydrogen) atoms. The van der Waals surface area contributed by atoms with Crippen molar-refractivity contribution in [1.29, 1.82) is 0 Å². The molecule has 1 aromatic carbocycles. The van der Waals surface area contributed by atoms with Gasteiger partial charge in [0.2, 0.25) is 0 Å². The van der Waals surface area contributed by atoms with Gasteiger partial charge in [0.1, 0.15) is 5.82 Å². The zero-order valence-corrected chi connectivity index (χ0v) is 12.2. The Balaban J connectivity index is 1.86. The number of nitrogens with one attached hydrogen (secondary N) is 2. The Morgan fingerprint density at radius 1 is 1.30 bits per heavy atom. The minimum Gasteiger partial charge on any atom is -0.378 e. The van der Waals surface area contributed by atoms with Crippen molar-refractivity contribution in [3.8, 4) is 0 Å². The summed E-state index contributed by atoms with van der Waals surface area (Å²) in [6, 6.07) is 6.40. The van der Waals surface area contributed by atoms with Crippen molar-refractivity contribution in [2.24, 2.45) is 7.05 Å². The molecule has 5 nitrogen and oxygen atoms in total. The highest BCUT2D eigenvalue weighted by molar-refractivity contribution is 5.79. The molecule has 0 aliphatic carbocycles. The summed E-state index contributed by atoms with van der Waals surface area (Å²) in [5, 5.41) is 7.90. The fourth-order valence-corrected chi connectivity index (χ4v) is 2.60. The van der Waals surface area contributed by atoms with Crippen LogP contribution in [0.5, 0.6) is 0 Å². The Hall–Kier alpha value is -2.30. The smallest absolute Gasteiger partial charge is 0.104 e. The molecule has 0 aliphatic rings. The molecule has 3 aromatic rings. The lowest BCUT2D eigenvalue weighted by atomic mass is 10.1. The lowest BCUT2D eigenvalue weighted by molar-refractivity contribution is 0.756. The van der Waals surface area contributed by atoms with Gasteiger partial charge in [0.05, 0.1) is 22.8 Å². The Labute approximate surface area is 118 Å². The summed E-state index contributed by atoms with van der Waals surface area (Å²) < 4.78 is 1.85. The molecular weight excluding hydrogens is 250 g/mol. The summed E-state index contributed by atoms with van der Waals surface area (Å²) in [5.41, 5.74) is 5.41. The first-order valence-electron chi connectivity index (χ1n) is 6.76. The number of hydrogen-bond donors (Lipinski definition) is 2. The van der Waals surface area contributed by atoms with Gasteiger partial charge < -0.3 is 10.3 Å². The van der Waals surface area contributed by atoms with Crippen molar-refractivity contribution in [1.82, 2.24) is 19.7 Å². The third-order valence-corrected chi connectivity index (χ3v) is 3.50. The molecule has 5 heteroatoms. The number of nitrogens with zero attached hydrogens (tertiary/aromatic N) is 3. The first-order valence-corrected chi connectivity index (χ1v) is 6.76. The van der Waals surface area contributed by atoms with Crippen molar-refractivity contribution in [2.75, 3.05) is 5.32 Å². The summed E-state index contributed by atoms with van der Waals surface area (Å²) in [7, 11) is 1.95. The third kappa shape index (κ3) is 2.27. The highest BCUT2D eigenvalue weighted by Gasteiger charge is 2.12. The van der Waals surface area contributed by atoms with Gasteiger partial charge in [0.25, 0.3) is 0 Å². The van der Waals surface area contributed by atoms with Crippen molar-refractivity contribution in [2.45, 2.75) is 26.8 Å². The van der Waals surface area contributed by atoms with Gasteiger partial charge in [-0.3, -0.25) is 4.68 Å². The lowest BCUT2D eigenvalue weighted by Gasteiger charge is -2.14. The molecule has 2 N–H and O–H groups in total. The van der Waals surface area contributed by atoms with Crippen molar-refractivity contribution in [3.63, 3.8) is 0 Å². The Kier molecular flexibility index (Phi) is 2.97. The van der Waals surface area contributed by atoms with Gasteiger partial charge in [0.15, 0.2) is 0 Å². The van der Waals surface area contributed by atoms with Crippen molar-refractivity contribution < 1.29 is 0 Å². The predicted molar refractivity (Wildman–Crippen MR) is 80.8 cm³/mol. The largest absolute Gasteiger partial charge is 0.378 e. The van der Waals surface area contributed by atoms with Crippen molar-refractivity contribution in [3.05, 3.63) is 41.5 Å². The number of aromatic nitrogens is 4. The second-order valence-electron chi connectivity index (χ2n) is 5.26. The van der Waals surface area contributed by atoms with Crippen LogP contribution in [0.15, 0.2) is 24.4 Å². The highest BCUT2D eigenvalue weighted by atomic mass is 15.3. The fraction of sp³-hybridized carbons (Fsp3) is 0.333. The zero-order chi connectivity index (χ0) is 14.3. The number of anilines is 1. The molecule has 0 saturated heterocycles. The van der Waals surface area contributed by atoms with Crippen molar-refractivity contribution >= 4 is 16.7 Å². The normalized spacial score (nSPS) is 12.8. The molecule has 104 valence electrons. The van der Waals surface area contributed by atoms with Gasteiger partial charge >= 0.3 is 0 Å². The Morgan fingerprint density at radius 2 is 2.10 bits per heavy atom. The topological polar surface area (TPSA) is 58.5 Å². The van der Waals surface area contributed by atoms with E-state index in [4.69, 9.17) is 0 Å². The maximum atomic E-state index is 4.41. The summed E-state index contributed by atoms with van der Waals surface area (Å²) in [4.78, 5) is 7.67. The van der Waals surface area contributed by atoms with Crippen LogP contribution in [-0.2, 0) is 7.05 Å². The first kappa shape index (κ1) is 12.7. The minimum absolute atomic E-state index is 0.213. The molecule has 1 unspecified atom stereocenters.